The van der Waals surface area contributed by atoms with Crippen molar-refractivity contribution in [2.75, 3.05) is 19.6 Å². The molecule has 0 radical (unpaired) electrons. The Hall–Kier alpha value is -2.21. The first kappa shape index (κ1) is 18.6. The molecule has 0 unspecified atom stereocenters. The molecule has 0 aliphatic carbocycles. The maximum Gasteiger partial charge on any atom is 0.222 e. The van der Waals surface area contributed by atoms with E-state index in [-0.39, 0.29) is 11.7 Å². The van der Waals surface area contributed by atoms with Gasteiger partial charge in [-0.15, -0.1) is 0 Å². The highest BCUT2D eigenvalue weighted by Gasteiger charge is 2.16. The number of aromatic nitrogens is 2. The lowest BCUT2D eigenvalue weighted by atomic mass is 10.2. The molecule has 1 aromatic heterocycles. The van der Waals surface area contributed by atoms with Crippen LogP contribution in [0.4, 0.5) is 4.39 Å². The molecule has 1 N–H and O–H groups in total. The fourth-order valence-electron chi connectivity index (χ4n) is 3.47. The third-order valence-electron chi connectivity index (χ3n) is 5.04. The SMILES string of the molecule is Cc1nn(-c2ccc(F)cc2)c(C)c1CNCCN1CCCCCC1=O. The molecule has 140 valence electrons. The number of aryl methyl sites for hydroxylation is 1. The second kappa shape index (κ2) is 8.45. The summed E-state index contributed by atoms with van der Waals surface area (Å²) in [7, 11) is 0. The Morgan fingerprint density at radius 3 is 2.69 bits per heavy atom. The number of benzene rings is 1. The van der Waals surface area contributed by atoms with Gasteiger partial charge < -0.3 is 10.2 Å². The number of carbonyl (C=O) groups is 1. The largest absolute Gasteiger partial charge is 0.341 e. The number of hydrogen-bond acceptors (Lipinski definition) is 3. The third kappa shape index (κ3) is 4.30. The predicted octanol–water partition coefficient (Wildman–Crippen LogP) is 3.12. The molecule has 1 saturated heterocycles. The lowest BCUT2D eigenvalue weighted by molar-refractivity contribution is -0.130. The van der Waals surface area contributed by atoms with Crippen molar-refractivity contribution in [2.24, 2.45) is 0 Å². The number of likely N-dealkylation sites (tertiary alicyclic amines) is 1. The van der Waals surface area contributed by atoms with E-state index in [1.807, 2.05) is 23.4 Å². The maximum absolute atomic E-state index is 13.1. The number of amides is 1. The first-order valence-corrected chi connectivity index (χ1v) is 9.36. The van der Waals surface area contributed by atoms with Gasteiger partial charge in [0.05, 0.1) is 11.4 Å². The van der Waals surface area contributed by atoms with Gasteiger partial charge in [-0.2, -0.15) is 5.10 Å². The molecule has 26 heavy (non-hydrogen) atoms. The van der Waals surface area contributed by atoms with Crippen molar-refractivity contribution in [1.82, 2.24) is 20.0 Å². The van der Waals surface area contributed by atoms with Crippen LogP contribution in [0.3, 0.4) is 0 Å². The molecular formula is C20H27FN4O. The van der Waals surface area contributed by atoms with Crippen LogP contribution in [0.2, 0.25) is 0 Å². The third-order valence-corrected chi connectivity index (χ3v) is 5.04. The van der Waals surface area contributed by atoms with Crippen molar-refractivity contribution in [3.63, 3.8) is 0 Å². The first-order valence-electron chi connectivity index (χ1n) is 9.36. The van der Waals surface area contributed by atoms with Crippen molar-refractivity contribution >= 4 is 5.91 Å². The predicted molar refractivity (Wildman–Crippen MR) is 99.8 cm³/mol. The molecule has 0 saturated carbocycles. The van der Waals surface area contributed by atoms with E-state index in [0.717, 1.165) is 61.5 Å². The monoisotopic (exact) mass is 358 g/mol. The van der Waals surface area contributed by atoms with E-state index in [9.17, 15) is 9.18 Å². The lowest BCUT2D eigenvalue weighted by Crippen LogP contribution is -2.36. The first-order chi connectivity index (χ1) is 12.6. The molecule has 3 rings (SSSR count). The molecule has 1 fully saturated rings. The summed E-state index contributed by atoms with van der Waals surface area (Å²) < 4.78 is 15.0. The summed E-state index contributed by atoms with van der Waals surface area (Å²) in [5, 5.41) is 8.03. The second-order valence-electron chi connectivity index (χ2n) is 6.91. The van der Waals surface area contributed by atoms with Gasteiger partial charge in [0.1, 0.15) is 5.82 Å². The van der Waals surface area contributed by atoms with Crippen LogP contribution in [-0.4, -0.2) is 40.2 Å². The number of carbonyl (C=O) groups excluding carboxylic acids is 1. The molecule has 6 heteroatoms. The number of nitrogens with one attached hydrogen (secondary N) is 1. The van der Waals surface area contributed by atoms with Gasteiger partial charge in [0.25, 0.3) is 0 Å². The van der Waals surface area contributed by atoms with Crippen molar-refractivity contribution in [1.29, 1.82) is 0 Å². The van der Waals surface area contributed by atoms with Gasteiger partial charge in [0.2, 0.25) is 5.91 Å². The van der Waals surface area contributed by atoms with Gasteiger partial charge in [-0.05, 0) is 51.0 Å². The van der Waals surface area contributed by atoms with Crippen LogP contribution in [0, 0.1) is 19.7 Å². The number of hydrogen-bond donors (Lipinski definition) is 1. The summed E-state index contributed by atoms with van der Waals surface area (Å²) in [4.78, 5) is 14.0. The standard InChI is InChI=1S/C20H27FN4O/c1-15-19(14-22-11-13-24-12-5-3-4-6-20(24)26)16(2)25(23-15)18-9-7-17(21)8-10-18/h7-10,22H,3-6,11-14H2,1-2H3. The van der Waals surface area contributed by atoms with Gasteiger partial charge in [-0.1, -0.05) is 6.42 Å². The van der Waals surface area contributed by atoms with Gasteiger partial charge >= 0.3 is 0 Å². The van der Waals surface area contributed by atoms with Crippen LogP contribution in [0.5, 0.6) is 0 Å². The summed E-state index contributed by atoms with van der Waals surface area (Å²) >= 11 is 0. The fourth-order valence-corrected chi connectivity index (χ4v) is 3.47. The number of halogens is 1. The zero-order valence-electron chi connectivity index (χ0n) is 15.6. The lowest BCUT2D eigenvalue weighted by Gasteiger charge is -2.20. The average Bonchev–Trinajstić information content (AvgIpc) is 2.78. The zero-order valence-corrected chi connectivity index (χ0v) is 15.6. The van der Waals surface area contributed by atoms with Crippen LogP contribution >= 0.6 is 0 Å². The Balaban J connectivity index is 1.58. The Labute approximate surface area is 154 Å². The Bertz CT molecular complexity index is 754. The van der Waals surface area contributed by atoms with Gasteiger partial charge in [0, 0.05) is 43.9 Å². The molecule has 0 spiro atoms. The quantitative estimate of drug-likeness (QED) is 0.807. The second-order valence-corrected chi connectivity index (χ2v) is 6.91. The minimum Gasteiger partial charge on any atom is -0.341 e. The summed E-state index contributed by atoms with van der Waals surface area (Å²) in [5.74, 6) is 0.0287. The zero-order chi connectivity index (χ0) is 18.5. The molecule has 2 heterocycles. The minimum absolute atomic E-state index is 0.250. The molecule has 1 aromatic carbocycles. The van der Waals surface area contributed by atoms with Crippen LogP contribution in [0.15, 0.2) is 24.3 Å². The van der Waals surface area contributed by atoms with Gasteiger partial charge in [0.15, 0.2) is 0 Å². The molecule has 1 aliphatic heterocycles. The highest BCUT2D eigenvalue weighted by molar-refractivity contribution is 5.76. The highest BCUT2D eigenvalue weighted by atomic mass is 19.1. The van der Waals surface area contributed by atoms with E-state index in [2.05, 4.69) is 10.4 Å². The fraction of sp³-hybridized carbons (Fsp3) is 0.500. The van der Waals surface area contributed by atoms with Crippen LogP contribution < -0.4 is 5.32 Å². The molecule has 1 aliphatic rings. The summed E-state index contributed by atoms with van der Waals surface area (Å²) in [6, 6.07) is 6.36. The van der Waals surface area contributed by atoms with E-state index in [0.29, 0.717) is 13.0 Å². The molecule has 2 aromatic rings. The molecular weight excluding hydrogens is 331 g/mol. The summed E-state index contributed by atoms with van der Waals surface area (Å²) in [6.07, 6.45) is 3.96. The smallest absolute Gasteiger partial charge is 0.222 e. The molecule has 5 nitrogen and oxygen atoms in total. The van der Waals surface area contributed by atoms with Gasteiger partial charge in [-0.3, -0.25) is 4.79 Å². The van der Waals surface area contributed by atoms with E-state index in [4.69, 9.17) is 0 Å². The van der Waals surface area contributed by atoms with E-state index >= 15 is 0 Å². The van der Waals surface area contributed by atoms with E-state index < -0.39 is 0 Å². The van der Waals surface area contributed by atoms with Crippen molar-refractivity contribution in [3.8, 4) is 5.69 Å². The molecule has 1 amide bonds. The van der Waals surface area contributed by atoms with Crippen molar-refractivity contribution < 1.29 is 9.18 Å². The Kier molecular flexibility index (Phi) is 6.04. The van der Waals surface area contributed by atoms with Crippen molar-refractivity contribution in [3.05, 3.63) is 47.0 Å². The Morgan fingerprint density at radius 1 is 1.15 bits per heavy atom. The number of nitrogens with zero attached hydrogens (tertiary/aromatic N) is 3. The minimum atomic E-state index is -0.250. The normalized spacial score (nSPS) is 15.3. The highest BCUT2D eigenvalue weighted by Crippen LogP contribution is 2.18. The Morgan fingerprint density at radius 2 is 1.92 bits per heavy atom. The average molecular weight is 358 g/mol. The summed E-state index contributed by atoms with van der Waals surface area (Å²) in [6.45, 7) is 7.12. The van der Waals surface area contributed by atoms with Crippen LogP contribution in [0.25, 0.3) is 5.69 Å². The van der Waals surface area contributed by atoms with E-state index in [1.54, 1.807) is 12.1 Å². The molecule has 0 atom stereocenters. The maximum atomic E-state index is 13.1. The van der Waals surface area contributed by atoms with Crippen LogP contribution in [0.1, 0.15) is 42.6 Å². The van der Waals surface area contributed by atoms with Gasteiger partial charge in [-0.25, -0.2) is 9.07 Å². The van der Waals surface area contributed by atoms with Crippen molar-refractivity contribution in [2.45, 2.75) is 46.1 Å². The summed E-state index contributed by atoms with van der Waals surface area (Å²) in [5.41, 5.74) is 4.02. The number of rotatable bonds is 6. The topological polar surface area (TPSA) is 50.2 Å². The van der Waals surface area contributed by atoms with E-state index in [1.165, 1.54) is 12.1 Å². The van der Waals surface area contributed by atoms with Crippen LogP contribution in [-0.2, 0) is 11.3 Å². The molecule has 0 bridgehead atoms.